The minimum absolute atomic E-state index is 0.457. The quantitative estimate of drug-likeness (QED) is 0.648. The van der Waals surface area contributed by atoms with Crippen LogP contribution >= 0.6 is 0 Å². The fourth-order valence-electron chi connectivity index (χ4n) is 5.55. The molecule has 2 aliphatic rings. The summed E-state index contributed by atoms with van der Waals surface area (Å²) in [6.45, 7) is 16.2. The molecule has 1 heterocycles. The van der Waals surface area contributed by atoms with Crippen molar-refractivity contribution in [3.05, 3.63) is 64.2 Å². The Bertz CT molecular complexity index is 897. The fraction of sp³-hybridized carbons (Fsp3) is 0.480. The maximum atomic E-state index is 2.71. The van der Waals surface area contributed by atoms with Crippen molar-refractivity contribution in [2.75, 3.05) is 4.90 Å². The molecule has 0 radical (unpaired) electrons. The normalized spacial score (nSPS) is 21.4. The molecule has 0 spiro atoms. The van der Waals surface area contributed by atoms with E-state index in [1.54, 1.807) is 0 Å². The first-order valence-electron chi connectivity index (χ1n) is 10.4. The molecule has 0 saturated heterocycles. The van der Waals surface area contributed by atoms with E-state index in [-0.39, 0.29) is 0 Å². The van der Waals surface area contributed by atoms with E-state index < -0.39 is 0 Å². The third-order valence-corrected chi connectivity index (χ3v) is 6.26. The van der Waals surface area contributed by atoms with E-state index in [1.165, 1.54) is 39.3 Å². The zero-order valence-corrected chi connectivity index (χ0v) is 17.9. The van der Waals surface area contributed by atoms with E-state index in [4.69, 9.17) is 0 Å². The maximum absolute atomic E-state index is 2.71. The predicted octanol–water partition coefficient (Wildman–Crippen LogP) is 5.57. The van der Waals surface area contributed by atoms with Gasteiger partial charge in [-0.05, 0) is 51.3 Å². The Labute approximate surface area is 164 Å². The number of amidine groups is 1. The second-order valence-electron chi connectivity index (χ2n) is 9.05. The molecule has 142 valence electrons. The predicted molar refractivity (Wildman–Crippen MR) is 115 cm³/mol. The number of rotatable bonds is 3. The van der Waals surface area contributed by atoms with Crippen LogP contribution in [0.25, 0.3) is 0 Å². The van der Waals surface area contributed by atoms with Crippen molar-refractivity contribution in [3.63, 3.8) is 0 Å². The molecule has 1 aliphatic carbocycles. The van der Waals surface area contributed by atoms with Gasteiger partial charge in [0.05, 0.1) is 12.0 Å². The molecule has 2 aromatic carbocycles. The van der Waals surface area contributed by atoms with Gasteiger partial charge in [-0.15, -0.1) is 0 Å². The number of hydrogen-bond acceptors (Lipinski definition) is 1. The standard InChI is InChI=1S/C25H33N2/c1-15(2)25-26(16(3)4)24-21-11-9-8-10-20(21)14-22(24)27(25)23-18(6)12-17(5)13-19(23)7/h8-13,15-16,22,24H,14H2,1-7H3/q+1/t22-,24+/m0/s1. The highest BCUT2D eigenvalue weighted by molar-refractivity contribution is 5.99. The number of hydrogen-bond donors (Lipinski definition) is 0. The second kappa shape index (κ2) is 6.51. The van der Waals surface area contributed by atoms with Crippen LogP contribution in [0.4, 0.5) is 5.69 Å². The van der Waals surface area contributed by atoms with Crippen molar-refractivity contribution in [2.45, 2.75) is 73.0 Å². The van der Waals surface area contributed by atoms with Crippen LogP contribution in [-0.2, 0) is 6.42 Å². The Hall–Kier alpha value is -2.09. The summed E-state index contributed by atoms with van der Waals surface area (Å²) in [7, 11) is 0. The number of fused-ring (bicyclic) bond motifs is 3. The zero-order chi connectivity index (χ0) is 19.5. The number of anilines is 1. The summed E-state index contributed by atoms with van der Waals surface area (Å²) >= 11 is 0. The first-order chi connectivity index (χ1) is 12.8. The molecule has 0 bridgehead atoms. The lowest BCUT2D eigenvalue weighted by Crippen LogP contribution is -2.41. The van der Waals surface area contributed by atoms with E-state index in [9.17, 15) is 0 Å². The van der Waals surface area contributed by atoms with Crippen LogP contribution in [0.3, 0.4) is 0 Å². The van der Waals surface area contributed by atoms with Gasteiger partial charge >= 0.3 is 0 Å². The van der Waals surface area contributed by atoms with Gasteiger partial charge in [0.2, 0.25) is 0 Å². The SMILES string of the molecule is Cc1cc(C)c(N2C(C(C)C)=[N+](C(C)C)[C@@H]3c4ccccc4C[C@@H]32)c(C)c1. The molecule has 2 aromatic rings. The van der Waals surface area contributed by atoms with Crippen molar-refractivity contribution >= 4 is 11.5 Å². The van der Waals surface area contributed by atoms with Gasteiger partial charge in [0.25, 0.3) is 5.84 Å². The van der Waals surface area contributed by atoms with Gasteiger partial charge in [0, 0.05) is 12.0 Å². The minimum atomic E-state index is 0.457. The molecule has 0 unspecified atom stereocenters. The van der Waals surface area contributed by atoms with E-state index in [0.29, 0.717) is 24.0 Å². The molecule has 4 rings (SSSR count). The first-order valence-corrected chi connectivity index (χ1v) is 10.4. The summed E-state index contributed by atoms with van der Waals surface area (Å²) in [6.07, 6.45) is 1.13. The van der Waals surface area contributed by atoms with Crippen molar-refractivity contribution in [2.24, 2.45) is 5.92 Å². The third-order valence-electron chi connectivity index (χ3n) is 6.26. The summed E-state index contributed by atoms with van der Waals surface area (Å²) in [5.74, 6) is 1.98. The van der Waals surface area contributed by atoms with Gasteiger partial charge in [0.1, 0.15) is 11.7 Å². The molecular weight excluding hydrogens is 328 g/mol. The summed E-state index contributed by atoms with van der Waals surface area (Å²) in [5, 5.41) is 0. The van der Waals surface area contributed by atoms with Gasteiger partial charge in [-0.3, -0.25) is 4.58 Å². The Balaban J connectivity index is 1.98. The number of benzene rings is 2. The lowest BCUT2D eigenvalue weighted by molar-refractivity contribution is -0.595. The average molecular weight is 362 g/mol. The lowest BCUT2D eigenvalue weighted by Gasteiger charge is -2.25. The topological polar surface area (TPSA) is 6.25 Å². The molecule has 1 aliphatic heterocycles. The molecule has 0 aromatic heterocycles. The molecule has 0 fully saturated rings. The molecule has 2 heteroatoms. The van der Waals surface area contributed by atoms with Crippen LogP contribution in [0.5, 0.6) is 0 Å². The Morgan fingerprint density at radius 3 is 2.19 bits per heavy atom. The van der Waals surface area contributed by atoms with Crippen molar-refractivity contribution < 1.29 is 4.58 Å². The van der Waals surface area contributed by atoms with Gasteiger partial charge in [-0.2, -0.15) is 0 Å². The van der Waals surface area contributed by atoms with Crippen LogP contribution in [0.2, 0.25) is 0 Å². The van der Waals surface area contributed by atoms with E-state index >= 15 is 0 Å². The van der Waals surface area contributed by atoms with E-state index in [0.717, 1.165) is 6.42 Å². The smallest absolute Gasteiger partial charge is 0.252 e. The van der Waals surface area contributed by atoms with Gasteiger partial charge in [-0.25, -0.2) is 4.90 Å². The van der Waals surface area contributed by atoms with Crippen LogP contribution in [-0.4, -0.2) is 22.5 Å². The maximum Gasteiger partial charge on any atom is 0.255 e. The Kier molecular flexibility index (Phi) is 4.41. The van der Waals surface area contributed by atoms with E-state index in [1.807, 2.05) is 0 Å². The Morgan fingerprint density at radius 2 is 1.59 bits per heavy atom. The van der Waals surface area contributed by atoms with Gasteiger partial charge < -0.3 is 0 Å². The van der Waals surface area contributed by atoms with E-state index in [2.05, 4.69) is 94.3 Å². The highest BCUT2D eigenvalue weighted by atomic mass is 15.4. The molecule has 2 nitrogen and oxygen atoms in total. The van der Waals surface area contributed by atoms with Crippen LogP contribution in [0.1, 0.15) is 61.6 Å². The zero-order valence-electron chi connectivity index (χ0n) is 17.9. The summed E-state index contributed by atoms with van der Waals surface area (Å²) in [5.41, 5.74) is 8.62. The fourth-order valence-corrected chi connectivity index (χ4v) is 5.55. The first kappa shape index (κ1) is 18.3. The lowest BCUT2D eigenvalue weighted by atomic mass is 10.00. The largest absolute Gasteiger partial charge is 0.255 e. The third kappa shape index (κ3) is 2.72. The highest BCUT2D eigenvalue weighted by Gasteiger charge is 2.55. The molecule has 0 amide bonds. The molecule has 0 N–H and O–H groups in total. The van der Waals surface area contributed by atoms with Crippen LogP contribution < -0.4 is 4.90 Å². The molecule has 0 saturated carbocycles. The van der Waals surface area contributed by atoms with Gasteiger partial charge in [0.15, 0.2) is 6.04 Å². The number of aryl methyl sites for hydroxylation is 3. The van der Waals surface area contributed by atoms with Crippen molar-refractivity contribution in [1.82, 2.24) is 0 Å². The molecule has 2 atom stereocenters. The molecule has 27 heavy (non-hydrogen) atoms. The minimum Gasteiger partial charge on any atom is -0.252 e. The van der Waals surface area contributed by atoms with Crippen LogP contribution in [0.15, 0.2) is 36.4 Å². The van der Waals surface area contributed by atoms with Crippen molar-refractivity contribution in [3.8, 4) is 0 Å². The summed E-state index contributed by atoms with van der Waals surface area (Å²) < 4.78 is 2.71. The highest BCUT2D eigenvalue weighted by Crippen LogP contribution is 2.46. The molecular formula is C25H33N2+. The summed E-state index contributed by atoms with van der Waals surface area (Å²) in [6, 6.07) is 15.2. The van der Waals surface area contributed by atoms with Crippen molar-refractivity contribution in [1.29, 1.82) is 0 Å². The van der Waals surface area contributed by atoms with Gasteiger partial charge in [-0.1, -0.05) is 55.8 Å². The second-order valence-corrected chi connectivity index (χ2v) is 9.05. The summed E-state index contributed by atoms with van der Waals surface area (Å²) in [4.78, 5) is 2.71. The monoisotopic (exact) mass is 361 g/mol. The average Bonchev–Trinajstić information content (AvgIpc) is 3.09. The van der Waals surface area contributed by atoms with Crippen LogP contribution in [0, 0.1) is 26.7 Å². The Morgan fingerprint density at radius 1 is 0.963 bits per heavy atom. The number of nitrogens with zero attached hydrogens (tertiary/aromatic N) is 2.